The number of hydrogen-bond donors (Lipinski definition) is 0. The van der Waals surface area contributed by atoms with Gasteiger partial charge in [-0.2, -0.15) is 0 Å². The Morgan fingerprint density at radius 2 is 2.44 bits per heavy atom. The van der Waals surface area contributed by atoms with E-state index in [4.69, 9.17) is 4.74 Å². The van der Waals surface area contributed by atoms with E-state index in [-0.39, 0.29) is 0 Å². The molecule has 0 aromatic rings. The van der Waals surface area contributed by atoms with Gasteiger partial charge in [-0.05, 0) is 0 Å². The van der Waals surface area contributed by atoms with Crippen LogP contribution in [0.2, 0.25) is 0 Å². The van der Waals surface area contributed by atoms with Crippen LogP contribution in [0.1, 0.15) is 6.42 Å². The van der Waals surface area contributed by atoms with Gasteiger partial charge in [-0.15, -0.1) is 0 Å². The van der Waals surface area contributed by atoms with Gasteiger partial charge in [0.1, 0.15) is 0 Å². The van der Waals surface area contributed by atoms with Gasteiger partial charge in [-0.25, -0.2) is 0 Å². The summed E-state index contributed by atoms with van der Waals surface area (Å²) in [4.78, 5) is 9.69. The van der Waals surface area contributed by atoms with Gasteiger partial charge in [-0.3, -0.25) is 10.1 Å². The Balaban J connectivity index is 2.68. The maximum absolute atomic E-state index is 10.1. The van der Waals surface area contributed by atoms with Crippen LogP contribution >= 0.6 is 0 Å². The van der Waals surface area contributed by atoms with Crippen molar-refractivity contribution in [2.75, 3.05) is 6.61 Å². The Morgan fingerprint density at radius 3 is 2.44 bits per heavy atom. The normalized spacial score (nSPS) is 32.9. The molecule has 4 heteroatoms. The third kappa shape index (κ3) is 0.712. The van der Waals surface area contributed by atoms with E-state index in [2.05, 4.69) is 6.58 Å². The number of nitro groups is 1. The largest absolute Gasteiger partial charge is 0.346 e. The molecule has 0 amide bonds. The van der Waals surface area contributed by atoms with Crippen LogP contribution in [0.4, 0.5) is 0 Å². The highest BCUT2D eigenvalue weighted by Gasteiger charge is 2.47. The second-order valence-corrected chi connectivity index (χ2v) is 1.90. The highest BCUT2D eigenvalue weighted by atomic mass is 16.7. The van der Waals surface area contributed by atoms with Crippen LogP contribution in [0.3, 0.4) is 0 Å². The molecule has 1 aliphatic rings. The van der Waals surface area contributed by atoms with Gasteiger partial charge in [0, 0.05) is 6.08 Å². The van der Waals surface area contributed by atoms with E-state index >= 15 is 0 Å². The quantitative estimate of drug-likeness (QED) is 0.311. The summed E-state index contributed by atoms with van der Waals surface area (Å²) in [6.07, 6.45) is 1.68. The first kappa shape index (κ1) is 6.22. The van der Waals surface area contributed by atoms with E-state index in [0.29, 0.717) is 13.0 Å². The summed E-state index contributed by atoms with van der Waals surface area (Å²) < 4.78 is 4.71. The van der Waals surface area contributed by atoms with Crippen molar-refractivity contribution in [1.29, 1.82) is 0 Å². The predicted molar refractivity (Wildman–Crippen MR) is 30.5 cm³/mol. The van der Waals surface area contributed by atoms with Crippen molar-refractivity contribution >= 4 is 0 Å². The molecule has 0 aliphatic carbocycles. The second kappa shape index (κ2) is 1.80. The van der Waals surface area contributed by atoms with Gasteiger partial charge >= 0.3 is 5.72 Å². The second-order valence-electron chi connectivity index (χ2n) is 1.90. The molecule has 1 heterocycles. The molecule has 0 spiro atoms. The summed E-state index contributed by atoms with van der Waals surface area (Å²) >= 11 is 0. The monoisotopic (exact) mass is 129 g/mol. The summed E-state index contributed by atoms with van der Waals surface area (Å²) in [7, 11) is 0. The minimum Gasteiger partial charge on any atom is -0.311 e. The minimum absolute atomic E-state index is 0.448. The molecule has 1 rings (SSSR count). The molecule has 1 fully saturated rings. The predicted octanol–water partition coefficient (Wildman–Crippen LogP) is 0.566. The first-order valence-electron chi connectivity index (χ1n) is 2.63. The summed E-state index contributed by atoms with van der Waals surface area (Å²) in [5.41, 5.74) is -1.25. The van der Waals surface area contributed by atoms with Crippen LogP contribution in [0.15, 0.2) is 12.7 Å². The zero-order valence-corrected chi connectivity index (χ0v) is 4.87. The van der Waals surface area contributed by atoms with Gasteiger partial charge in [0.2, 0.25) is 0 Å². The fourth-order valence-corrected chi connectivity index (χ4v) is 0.691. The van der Waals surface area contributed by atoms with Crippen LogP contribution in [-0.4, -0.2) is 17.3 Å². The zero-order chi connectivity index (χ0) is 6.91. The van der Waals surface area contributed by atoms with Crippen molar-refractivity contribution in [2.45, 2.75) is 12.1 Å². The molecular weight excluding hydrogens is 122 g/mol. The van der Waals surface area contributed by atoms with Gasteiger partial charge < -0.3 is 4.74 Å². The van der Waals surface area contributed by atoms with Crippen LogP contribution in [0.5, 0.6) is 0 Å². The molecule has 0 aromatic heterocycles. The SMILES string of the molecule is C=CC1([N+](=O)[O-])CCO1. The fraction of sp³-hybridized carbons (Fsp3) is 0.600. The van der Waals surface area contributed by atoms with Crippen molar-refractivity contribution in [3.8, 4) is 0 Å². The number of nitrogens with zero attached hydrogens (tertiary/aromatic N) is 1. The maximum Gasteiger partial charge on any atom is 0.346 e. The van der Waals surface area contributed by atoms with Crippen molar-refractivity contribution in [1.82, 2.24) is 0 Å². The van der Waals surface area contributed by atoms with Gasteiger partial charge in [0.05, 0.1) is 18.0 Å². The van der Waals surface area contributed by atoms with Crippen LogP contribution in [-0.2, 0) is 4.74 Å². The van der Waals surface area contributed by atoms with Crippen LogP contribution < -0.4 is 0 Å². The first-order valence-corrected chi connectivity index (χ1v) is 2.63. The highest BCUT2D eigenvalue weighted by Crippen LogP contribution is 2.27. The summed E-state index contributed by atoms with van der Waals surface area (Å²) in [6, 6.07) is 0. The summed E-state index contributed by atoms with van der Waals surface area (Å²) in [6.45, 7) is 3.77. The van der Waals surface area contributed by atoms with Gasteiger partial charge in [-0.1, -0.05) is 6.58 Å². The average Bonchev–Trinajstić information content (AvgIpc) is 1.62. The molecule has 9 heavy (non-hydrogen) atoms. The molecular formula is C5H7NO3. The van der Waals surface area contributed by atoms with E-state index in [9.17, 15) is 10.1 Å². The molecule has 0 saturated carbocycles. The first-order chi connectivity index (χ1) is 4.21. The molecule has 4 nitrogen and oxygen atoms in total. The Bertz CT molecular complexity index is 150. The average molecular weight is 129 g/mol. The number of ether oxygens (including phenoxy) is 1. The van der Waals surface area contributed by atoms with Crippen LogP contribution in [0, 0.1) is 10.1 Å². The van der Waals surface area contributed by atoms with Crippen molar-refractivity contribution in [2.24, 2.45) is 0 Å². The smallest absolute Gasteiger partial charge is 0.311 e. The van der Waals surface area contributed by atoms with E-state index < -0.39 is 10.6 Å². The fourth-order valence-electron chi connectivity index (χ4n) is 0.691. The molecule has 0 aromatic carbocycles. The number of hydrogen-bond acceptors (Lipinski definition) is 3. The Hall–Kier alpha value is -0.900. The van der Waals surface area contributed by atoms with Crippen LogP contribution in [0.25, 0.3) is 0 Å². The van der Waals surface area contributed by atoms with Crippen molar-refractivity contribution < 1.29 is 9.66 Å². The Morgan fingerprint density at radius 1 is 1.89 bits per heavy atom. The standard InChI is InChI=1S/C5H7NO3/c1-2-5(6(7)8)3-4-9-5/h2H,1,3-4H2. The maximum atomic E-state index is 10.1. The lowest BCUT2D eigenvalue weighted by Crippen LogP contribution is -2.48. The molecule has 50 valence electrons. The molecule has 0 bridgehead atoms. The van der Waals surface area contributed by atoms with Crippen molar-refractivity contribution in [3.05, 3.63) is 22.8 Å². The van der Waals surface area contributed by atoms with Gasteiger partial charge in [0.15, 0.2) is 0 Å². The third-order valence-electron chi connectivity index (χ3n) is 1.44. The Kier molecular flexibility index (Phi) is 1.25. The molecule has 1 unspecified atom stereocenters. The van der Waals surface area contributed by atoms with Gasteiger partial charge in [0.25, 0.3) is 0 Å². The summed E-state index contributed by atoms with van der Waals surface area (Å²) in [5.74, 6) is 0. The van der Waals surface area contributed by atoms with E-state index in [0.717, 1.165) is 0 Å². The molecule has 1 atom stereocenters. The minimum atomic E-state index is -1.25. The Labute approximate surface area is 52.3 Å². The molecule has 0 N–H and O–H groups in total. The topological polar surface area (TPSA) is 52.4 Å². The van der Waals surface area contributed by atoms with Crippen molar-refractivity contribution in [3.63, 3.8) is 0 Å². The van der Waals surface area contributed by atoms with E-state index in [1.165, 1.54) is 6.08 Å². The third-order valence-corrected chi connectivity index (χ3v) is 1.44. The van der Waals surface area contributed by atoms with E-state index in [1.807, 2.05) is 0 Å². The molecule has 1 saturated heterocycles. The summed E-state index contributed by atoms with van der Waals surface area (Å²) in [5, 5.41) is 10.1. The lowest BCUT2D eigenvalue weighted by Gasteiger charge is -2.29. The zero-order valence-electron chi connectivity index (χ0n) is 4.87. The lowest BCUT2D eigenvalue weighted by atomic mass is 10.1. The lowest BCUT2D eigenvalue weighted by molar-refractivity contribution is -0.639. The number of rotatable bonds is 2. The molecule has 0 radical (unpaired) electrons. The van der Waals surface area contributed by atoms with E-state index in [1.54, 1.807) is 0 Å². The molecule has 1 aliphatic heterocycles. The highest BCUT2D eigenvalue weighted by molar-refractivity contribution is 4.93.